The van der Waals surface area contributed by atoms with Crippen LogP contribution >= 0.6 is 0 Å². The fraction of sp³-hybridized carbons (Fsp3) is 0.231. The van der Waals surface area contributed by atoms with Crippen molar-refractivity contribution in [2.24, 2.45) is 5.14 Å². The lowest BCUT2D eigenvalue weighted by molar-refractivity contribution is 0.0944. The number of rotatable bonds is 9. The molecule has 0 unspecified atom stereocenters. The minimum Gasteiger partial charge on any atom is -0.493 e. The van der Waals surface area contributed by atoms with Gasteiger partial charge in [0, 0.05) is 28.8 Å². The van der Waals surface area contributed by atoms with E-state index in [2.05, 4.69) is 10.6 Å². The van der Waals surface area contributed by atoms with E-state index in [1.54, 1.807) is 30.3 Å². The third-order valence-corrected chi connectivity index (χ3v) is 6.64. The highest BCUT2D eigenvalue weighted by Gasteiger charge is 2.22. The number of carbonyl (C=O) groups excluding carboxylic acids is 2. The zero-order chi connectivity index (χ0) is 26.5. The van der Waals surface area contributed by atoms with Crippen LogP contribution in [0.5, 0.6) is 11.5 Å². The third kappa shape index (κ3) is 6.41. The van der Waals surface area contributed by atoms with Gasteiger partial charge in [-0.05, 0) is 60.2 Å². The summed E-state index contributed by atoms with van der Waals surface area (Å²) in [5.74, 6) is 0.379. The molecule has 9 nitrogen and oxygen atoms in total. The van der Waals surface area contributed by atoms with E-state index in [1.807, 2.05) is 26.0 Å². The maximum absolute atomic E-state index is 12.7. The number of amides is 2. The average molecular weight is 512 g/mol. The molecule has 0 bridgehead atoms. The van der Waals surface area contributed by atoms with E-state index in [4.69, 9.17) is 14.6 Å². The molecule has 0 heterocycles. The van der Waals surface area contributed by atoms with Crippen LogP contribution in [0.4, 0.5) is 5.69 Å². The molecule has 3 aromatic carbocycles. The number of nitrogens with one attached hydrogen (secondary N) is 2. The van der Waals surface area contributed by atoms with E-state index < -0.39 is 15.4 Å². The molecular formula is C26H29N3O6S. The number of primary sulfonamides is 1. The summed E-state index contributed by atoms with van der Waals surface area (Å²) in [6.07, 6.45) is 0. The van der Waals surface area contributed by atoms with E-state index in [1.165, 1.54) is 38.5 Å². The molecule has 4 N–H and O–H groups in total. The first-order chi connectivity index (χ1) is 16.9. The van der Waals surface area contributed by atoms with E-state index in [9.17, 15) is 18.0 Å². The van der Waals surface area contributed by atoms with Gasteiger partial charge >= 0.3 is 0 Å². The number of methoxy groups -OCH3 is 2. The zero-order valence-corrected chi connectivity index (χ0v) is 21.3. The lowest BCUT2D eigenvalue weighted by Gasteiger charge is -2.26. The first kappa shape index (κ1) is 26.7. The number of nitrogens with two attached hydrogens (primary N) is 1. The molecule has 0 atom stereocenters. The monoisotopic (exact) mass is 511 g/mol. The Hall–Kier alpha value is -3.89. The molecule has 0 aliphatic rings. The van der Waals surface area contributed by atoms with Crippen molar-refractivity contribution >= 4 is 27.5 Å². The minimum atomic E-state index is -3.82. The van der Waals surface area contributed by atoms with Gasteiger partial charge in [0.25, 0.3) is 11.8 Å². The number of sulfonamides is 1. The third-order valence-electron chi connectivity index (χ3n) is 5.71. The number of hydrogen-bond donors (Lipinski definition) is 3. The lowest BCUT2D eigenvalue weighted by Crippen LogP contribution is -2.36. The van der Waals surface area contributed by atoms with Crippen molar-refractivity contribution < 1.29 is 27.5 Å². The Bertz CT molecular complexity index is 1350. The van der Waals surface area contributed by atoms with Crippen LogP contribution in [0.15, 0.2) is 71.6 Å². The molecule has 0 saturated heterocycles. The van der Waals surface area contributed by atoms with Crippen LogP contribution in [0.2, 0.25) is 0 Å². The van der Waals surface area contributed by atoms with Crippen LogP contribution in [0, 0.1) is 0 Å². The first-order valence-corrected chi connectivity index (χ1v) is 12.5. The van der Waals surface area contributed by atoms with Crippen molar-refractivity contribution in [3.8, 4) is 11.5 Å². The molecule has 0 aliphatic heterocycles. The van der Waals surface area contributed by atoms with Crippen LogP contribution in [-0.4, -0.2) is 41.0 Å². The zero-order valence-electron chi connectivity index (χ0n) is 20.5. The second kappa shape index (κ2) is 10.8. The highest BCUT2D eigenvalue weighted by atomic mass is 32.2. The summed E-state index contributed by atoms with van der Waals surface area (Å²) in [5, 5.41) is 10.8. The summed E-state index contributed by atoms with van der Waals surface area (Å²) in [7, 11) is -0.784. The number of benzene rings is 3. The van der Waals surface area contributed by atoms with Crippen LogP contribution in [-0.2, 0) is 15.4 Å². The second-order valence-corrected chi connectivity index (χ2v) is 10.3. The molecule has 190 valence electrons. The fourth-order valence-electron chi connectivity index (χ4n) is 3.49. The van der Waals surface area contributed by atoms with E-state index in [0.29, 0.717) is 34.9 Å². The first-order valence-electron chi connectivity index (χ1n) is 11.0. The molecule has 0 radical (unpaired) electrons. The summed E-state index contributed by atoms with van der Waals surface area (Å²) in [6, 6.07) is 17.7. The Morgan fingerprint density at radius 3 is 1.97 bits per heavy atom. The molecule has 3 rings (SSSR count). The van der Waals surface area contributed by atoms with Crippen molar-refractivity contribution in [2.45, 2.75) is 24.2 Å². The predicted octanol–water partition coefficient (Wildman–Crippen LogP) is 3.31. The molecule has 0 fully saturated rings. The molecule has 0 aromatic heterocycles. The molecule has 36 heavy (non-hydrogen) atoms. The van der Waals surface area contributed by atoms with Crippen molar-refractivity contribution in [1.82, 2.24) is 5.32 Å². The standard InChI is InChI=1S/C26H29N3O6S/c1-26(2,16-28-24(30)17-5-12-21(13-6-17)36(27,32)33)19-8-10-20(11-9-19)29-25(31)18-7-14-22(34-3)23(15-18)35-4/h5-15H,16H2,1-4H3,(H,28,30)(H,29,31)(H2,27,32,33). The SMILES string of the molecule is COc1ccc(C(=O)Nc2ccc(C(C)(C)CNC(=O)c3ccc(S(N)(=O)=O)cc3)cc2)cc1OC. The number of carbonyl (C=O) groups is 2. The minimum absolute atomic E-state index is 0.0577. The number of ether oxygens (including phenoxy) is 2. The average Bonchev–Trinajstić information content (AvgIpc) is 2.86. The maximum atomic E-state index is 12.7. The predicted molar refractivity (Wildman–Crippen MR) is 137 cm³/mol. The Morgan fingerprint density at radius 1 is 0.833 bits per heavy atom. The molecular weight excluding hydrogens is 482 g/mol. The molecule has 0 spiro atoms. The second-order valence-electron chi connectivity index (χ2n) is 8.74. The number of anilines is 1. The van der Waals surface area contributed by atoms with Crippen molar-refractivity contribution in [1.29, 1.82) is 0 Å². The normalized spacial score (nSPS) is 11.5. The summed E-state index contributed by atoms with van der Waals surface area (Å²) in [4.78, 5) is 25.1. The highest BCUT2D eigenvalue weighted by Crippen LogP contribution is 2.28. The Labute approximate surface area is 210 Å². The fourth-order valence-corrected chi connectivity index (χ4v) is 4.00. The molecule has 3 aromatic rings. The molecule has 0 saturated carbocycles. The quantitative estimate of drug-likeness (QED) is 0.403. The molecule has 0 aliphatic carbocycles. The Morgan fingerprint density at radius 2 is 1.42 bits per heavy atom. The van der Waals surface area contributed by atoms with Gasteiger partial charge in [-0.2, -0.15) is 0 Å². The smallest absolute Gasteiger partial charge is 0.255 e. The summed E-state index contributed by atoms with van der Waals surface area (Å²) < 4.78 is 33.2. The van der Waals surface area contributed by atoms with Gasteiger partial charge in [-0.1, -0.05) is 26.0 Å². The van der Waals surface area contributed by atoms with E-state index in [-0.39, 0.29) is 16.7 Å². The Balaban J connectivity index is 1.62. The van der Waals surface area contributed by atoms with Crippen molar-refractivity contribution in [2.75, 3.05) is 26.1 Å². The lowest BCUT2D eigenvalue weighted by atomic mass is 9.84. The van der Waals surface area contributed by atoms with E-state index >= 15 is 0 Å². The van der Waals surface area contributed by atoms with Crippen LogP contribution in [0.25, 0.3) is 0 Å². The topological polar surface area (TPSA) is 137 Å². The van der Waals surface area contributed by atoms with Gasteiger partial charge in [-0.3, -0.25) is 9.59 Å². The van der Waals surface area contributed by atoms with Crippen LogP contribution in [0.1, 0.15) is 40.1 Å². The maximum Gasteiger partial charge on any atom is 0.255 e. The Kier molecular flexibility index (Phi) is 8.01. The van der Waals surface area contributed by atoms with Gasteiger partial charge < -0.3 is 20.1 Å². The highest BCUT2D eigenvalue weighted by molar-refractivity contribution is 7.89. The van der Waals surface area contributed by atoms with Crippen molar-refractivity contribution in [3.05, 3.63) is 83.4 Å². The molecule has 2 amide bonds. The molecule has 10 heteroatoms. The van der Waals surface area contributed by atoms with Gasteiger partial charge in [0.15, 0.2) is 11.5 Å². The van der Waals surface area contributed by atoms with Gasteiger partial charge in [0.2, 0.25) is 10.0 Å². The van der Waals surface area contributed by atoms with Gasteiger partial charge in [-0.25, -0.2) is 13.6 Å². The van der Waals surface area contributed by atoms with Gasteiger partial charge in [0.05, 0.1) is 19.1 Å². The van der Waals surface area contributed by atoms with Crippen molar-refractivity contribution in [3.63, 3.8) is 0 Å². The largest absolute Gasteiger partial charge is 0.493 e. The van der Waals surface area contributed by atoms with Crippen LogP contribution < -0.4 is 25.2 Å². The summed E-state index contributed by atoms with van der Waals surface area (Å²) in [6.45, 7) is 4.29. The summed E-state index contributed by atoms with van der Waals surface area (Å²) >= 11 is 0. The van der Waals surface area contributed by atoms with E-state index in [0.717, 1.165) is 5.56 Å². The summed E-state index contributed by atoms with van der Waals surface area (Å²) in [5.41, 5.74) is 1.91. The number of hydrogen-bond acceptors (Lipinski definition) is 6. The van der Waals surface area contributed by atoms with Gasteiger partial charge in [-0.15, -0.1) is 0 Å². The van der Waals surface area contributed by atoms with Gasteiger partial charge in [0.1, 0.15) is 0 Å². The van der Waals surface area contributed by atoms with Crippen LogP contribution in [0.3, 0.4) is 0 Å².